The predicted octanol–water partition coefficient (Wildman–Crippen LogP) is 2.94. The molecule has 0 aliphatic heterocycles. The standard InChI is InChI=1S/C20H21N5O2S/c1-13-7-6-10-16(14(13)2)22-17(26)11-21-18(27)12-28-20-23-19(24-25-20)15-8-4-3-5-9-15/h3-10H,11-12H2,1-2H3,(H,21,27)(H,22,26)(H,23,24,25). The number of nitrogens with one attached hydrogen (secondary N) is 3. The van der Waals surface area contributed by atoms with E-state index < -0.39 is 0 Å². The molecule has 0 saturated heterocycles. The van der Waals surface area contributed by atoms with E-state index in [0.29, 0.717) is 11.0 Å². The number of rotatable bonds is 7. The Balaban J connectivity index is 1.44. The maximum Gasteiger partial charge on any atom is 0.243 e. The van der Waals surface area contributed by atoms with Crippen LogP contribution in [0.3, 0.4) is 0 Å². The molecule has 1 heterocycles. The number of hydrogen-bond donors (Lipinski definition) is 3. The third-order valence-electron chi connectivity index (χ3n) is 4.17. The zero-order chi connectivity index (χ0) is 19.9. The minimum atomic E-state index is -0.267. The molecule has 8 heteroatoms. The van der Waals surface area contributed by atoms with E-state index in [-0.39, 0.29) is 24.1 Å². The molecule has 0 aliphatic rings. The van der Waals surface area contributed by atoms with Gasteiger partial charge in [0.25, 0.3) is 0 Å². The Bertz CT molecular complexity index is 972. The van der Waals surface area contributed by atoms with Crippen LogP contribution >= 0.6 is 11.8 Å². The Morgan fingerprint density at radius 1 is 1.04 bits per heavy atom. The summed E-state index contributed by atoms with van der Waals surface area (Å²) in [5, 5.41) is 12.9. The van der Waals surface area contributed by atoms with Crippen LogP contribution in [-0.2, 0) is 9.59 Å². The number of thioether (sulfide) groups is 1. The number of carbonyl (C=O) groups excluding carboxylic acids is 2. The lowest BCUT2D eigenvalue weighted by Crippen LogP contribution is -2.34. The maximum atomic E-state index is 12.1. The molecule has 2 amide bonds. The Morgan fingerprint density at radius 2 is 1.82 bits per heavy atom. The fourth-order valence-electron chi connectivity index (χ4n) is 2.48. The highest BCUT2D eigenvalue weighted by atomic mass is 32.2. The summed E-state index contributed by atoms with van der Waals surface area (Å²) in [5.41, 5.74) is 3.79. The van der Waals surface area contributed by atoms with Gasteiger partial charge in [0.15, 0.2) is 5.82 Å². The highest BCUT2D eigenvalue weighted by Gasteiger charge is 2.11. The zero-order valence-electron chi connectivity index (χ0n) is 15.7. The predicted molar refractivity (Wildman–Crippen MR) is 110 cm³/mol. The summed E-state index contributed by atoms with van der Waals surface area (Å²) in [5.74, 6) is 0.253. The number of H-pyrrole nitrogens is 1. The van der Waals surface area contributed by atoms with Gasteiger partial charge < -0.3 is 10.6 Å². The topological polar surface area (TPSA) is 99.8 Å². The van der Waals surface area contributed by atoms with E-state index in [2.05, 4.69) is 25.8 Å². The van der Waals surface area contributed by atoms with Gasteiger partial charge in [0.1, 0.15) is 0 Å². The van der Waals surface area contributed by atoms with Crippen molar-refractivity contribution in [3.05, 3.63) is 59.7 Å². The fourth-order valence-corrected chi connectivity index (χ4v) is 3.11. The fraction of sp³-hybridized carbons (Fsp3) is 0.200. The van der Waals surface area contributed by atoms with E-state index in [4.69, 9.17) is 0 Å². The van der Waals surface area contributed by atoms with Crippen LogP contribution in [0.1, 0.15) is 11.1 Å². The van der Waals surface area contributed by atoms with Crippen LogP contribution in [0.2, 0.25) is 0 Å². The average molecular weight is 395 g/mol. The largest absolute Gasteiger partial charge is 0.346 e. The molecule has 144 valence electrons. The average Bonchev–Trinajstić information content (AvgIpc) is 3.18. The van der Waals surface area contributed by atoms with Gasteiger partial charge >= 0.3 is 0 Å². The first kappa shape index (κ1) is 19.6. The summed E-state index contributed by atoms with van der Waals surface area (Å²) in [6, 6.07) is 15.3. The van der Waals surface area contributed by atoms with Crippen LogP contribution in [-0.4, -0.2) is 39.3 Å². The van der Waals surface area contributed by atoms with Gasteiger partial charge in [-0.1, -0.05) is 54.2 Å². The summed E-state index contributed by atoms with van der Waals surface area (Å²) in [7, 11) is 0. The van der Waals surface area contributed by atoms with E-state index in [0.717, 1.165) is 22.4 Å². The summed E-state index contributed by atoms with van der Waals surface area (Å²) in [6.45, 7) is 3.84. The van der Waals surface area contributed by atoms with E-state index in [1.165, 1.54) is 11.8 Å². The van der Waals surface area contributed by atoms with Crippen LogP contribution in [0.25, 0.3) is 11.4 Å². The third-order valence-corrected chi connectivity index (χ3v) is 5.02. The summed E-state index contributed by atoms with van der Waals surface area (Å²) in [6.07, 6.45) is 0. The molecule has 3 aromatic rings. The first-order chi connectivity index (χ1) is 13.5. The molecule has 0 fully saturated rings. The van der Waals surface area contributed by atoms with Crippen molar-refractivity contribution in [3.63, 3.8) is 0 Å². The molecule has 0 radical (unpaired) electrons. The highest BCUT2D eigenvalue weighted by Crippen LogP contribution is 2.19. The number of aryl methyl sites for hydroxylation is 1. The van der Waals surface area contributed by atoms with Gasteiger partial charge in [0.05, 0.1) is 12.3 Å². The zero-order valence-corrected chi connectivity index (χ0v) is 16.5. The van der Waals surface area contributed by atoms with Gasteiger partial charge in [0, 0.05) is 11.3 Å². The van der Waals surface area contributed by atoms with Crippen molar-refractivity contribution in [3.8, 4) is 11.4 Å². The van der Waals surface area contributed by atoms with Crippen molar-refractivity contribution < 1.29 is 9.59 Å². The first-order valence-electron chi connectivity index (χ1n) is 8.76. The summed E-state index contributed by atoms with van der Waals surface area (Å²) in [4.78, 5) is 28.4. The number of carbonyl (C=O) groups is 2. The van der Waals surface area contributed by atoms with Crippen LogP contribution in [0.4, 0.5) is 5.69 Å². The molecule has 0 saturated carbocycles. The van der Waals surface area contributed by atoms with Crippen molar-refractivity contribution in [1.29, 1.82) is 0 Å². The number of hydrogen-bond acceptors (Lipinski definition) is 5. The Hall–Kier alpha value is -3.13. The van der Waals surface area contributed by atoms with Crippen LogP contribution in [0.15, 0.2) is 53.7 Å². The number of anilines is 1. The maximum absolute atomic E-state index is 12.1. The minimum Gasteiger partial charge on any atom is -0.346 e. The van der Waals surface area contributed by atoms with Crippen molar-refractivity contribution in [2.45, 2.75) is 19.0 Å². The van der Waals surface area contributed by atoms with Crippen molar-refractivity contribution in [2.24, 2.45) is 0 Å². The quantitative estimate of drug-likeness (QED) is 0.534. The molecule has 3 rings (SSSR count). The van der Waals surface area contributed by atoms with Gasteiger partial charge in [-0.3, -0.25) is 14.7 Å². The van der Waals surface area contributed by atoms with Gasteiger partial charge in [-0.15, -0.1) is 5.10 Å². The molecule has 0 atom stereocenters. The molecular weight excluding hydrogens is 374 g/mol. The number of nitrogens with zero attached hydrogens (tertiary/aromatic N) is 2. The monoisotopic (exact) mass is 395 g/mol. The minimum absolute atomic E-state index is 0.0873. The second-order valence-electron chi connectivity index (χ2n) is 6.19. The van der Waals surface area contributed by atoms with E-state index in [9.17, 15) is 9.59 Å². The van der Waals surface area contributed by atoms with Crippen LogP contribution < -0.4 is 10.6 Å². The molecule has 0 spiro atoms. The molecule has 0 bridgehead atoms. The summed E-state index contributed by atoms with van der Waals surface area (Å²) >= 11 is 1.21. The Kier molecular flexibility index (Phi) is 6.44. The number of amides is 2. The first-order valence-corrected chi connectivity index (χ1v) is 9.75. The van der Waals surface area contributed by atoms with Crippen molar-refractivity contribution in [1.82, 2.24) is 20.5 Å². The number of aromatic nitrogens is 3. The van der Waals surface area contributed by atoms with E-state index in [1.54, 1.807) is 0 Å². The highest BCUT2D eigenvalue weighted by molar-refractivity contribution is 7.99. The Labute approximate surface area is 167 Å². The normalized spacial score (nSPS) is 10.5. The molecule has 1 aromatic heterocycles. The molecule has 0 aliphatic carbocycles. The third kappa shape index (κ3) is 5.20. The van der Waals surface area contributed by atoms with E-state index in [1.807, 2.05) is 62.4 Å². The smallest absolute Gasteiger partial charge is 0.243 e. The number of aromatic amines is 1. The molecule has 7 nitrogen and oxygen atoms in total. The second-order valence-corrected chi connectivity index (χ2v) is 7.14. The van der Waals surface area contributed by atoms with Crippen molar-refractivity contribution in [2.75, 3.05) is 17.6 Å². The van der Waals surface area contributed by atoms with Gasteiger partial charge in [0.2, 0.25) is 17.0 Å². The van der Waals surface area contributed by atoms with E-state index >= 15 is 0 Å². The second kappa shape index (κ2) is 9.18. The van der Waals surface area contributed by atoms with Crippen LogP contribution in [0.5, 0.6) is 0 Å². The van der Waals surface area contributed by atoms with Crippen molar-refractivity contribution >= 4 is 29.3 Å². The molecule has 3 N–H and O–H groups in total. The SMILES string of the molecule is Cc1cccc(NC(=O)CNC(=O)CSc2n[nH]c(-c3ccccc3)n2)c1C. The number of benzene rings is 2. The summed E-state index contributed by atoms with van der Waals surface area (Å²) < 4.78 is 0. The van der Waals surface area contributed by atoms with Gasteiger partial charge in [-0.2, -0.15) is 0 Å². The lowest BCUT2D eigenvalue weighted by Gasteiger charge is -2.10. The van der Waals surface area contributed by atoms with Gasteiger partial charge in [-0.25, -0.2) is 4.98 Å². The molecule has 28 heavy (non-hydrogen) atoms. The lowest BCUT2D eigenvalue weighted by molar-refractivity contribution is -0.122. The molecule has 0 unspecified atom stereocenters. The Morgan fingerprint density at radius 3 is 2.61 bits per heavy atom. The lowest BCUT2D eigenvalue weighted by atomic mass is 10.1. The molecule has 2 aromatic carbocycles. The van der Waals surface area contributed by atoms with Crippen LogP contribution in [0, 0.1) is 13.8 Å². The van der Waals surface area contributed by atoms with Gasteiger partial charge in [-0.05, 0) is 31.0 Å². The molecular formula is C20H21N5O2S.